The van der Waals surface area contributed by atoms with Crippen molar-refractivity contribution in [3.8, 4) is 5.75 Å². The molecule has 2 N–H and O–H groups in total. The molecule has 0 radical (unpaired) electrons. The molecule has 18 heavy (non-hydrogen) atoms. The Morgan fingerprint density at radius 1 is 1.28 bits per heavy atom. The molecule has 1 heterocycles. The summed E-state index contributed by atoms with van der Waals surface area (Å²) in [5.74, 6) is 0.507. The fourth-order valence-corrected chi connectivity index (χ4v) is 2.86. The summed E-state index contributed by atoms with van der Waals surface area (Å²) < 4.78 is 5.22. The maximum Gasteiger partial charge on any atom is 0.206 e. The van der Waals surface area contributed by atoms with Crippen LogP contribution in [0.1, 0.15) is 25.7 Å². The Balaban J connectivity index is 2.49. The molecule has 0 saturated heterocycles. The summed E-state index contributed by atoms with van der Waals surface area (Å²) >= 11 is 1.50. The van der Waals surface area contributed by atoms with Crippen LogP contribution in [0.25, 0.3) is 0 Å². The van der Waals surface area contributed by atoms with Gasteiger partial charge in [-0.25, -0.2) is 0 Å². The number of aryl methyl sites for hydroxylation is 2. The van der Waals surface area contributed by atoms with Crippen molar-refractivity contribution < 1.29 is 9.53 Å². The van der Waals surface area contributed by atoms with Crippen molar-refractivity contribution in [1.82, 2.24) is 0 Å². The molecule has 0 saturated carbocycles. The number of ether oxygens (including phenoxy) is 1. The third kappa shape index (κ3) is 2.24. The molecule has 0 fully saturated rings. The summed E-state index contributed by atoms with van der Waals surface area (Å²) in [7, 11) is 1.54. The van der Waals surface area contributed by atoms with E-state index in [1.807, 2.05) is 19.9 Å². The summed E-state index contributed by atoms with van der Waals surface area (Å²) in [5, 5.41) is 0. The van der Waals surface area contributed by atoms with E-state index in [9.17, 15) is 4.79 Å². The topological polar surface area (TPSA) is 52.3 Å². The third-order valence-electron chi connectivity index (χ3n) is 2.72. The quantitative estimate of drug-likeness (QED) is 0.682. The zero-order chi connectivity index (χ0) is 13.3. The van der Waals surface area contributed by atoms with Crippen LogP contribution in [0, 0.1) is 13.8 Å². The van der Waals surface area contributed by atoms with Gasteiger partial charge in [0.05, 0.1) is 17.6 Å². The molecule has 0 aliphatic carbocycles. The van der Waals surface area contributed by atoms with Crippen LogP contribution in [-0.4, -0.2) is 12.9 Å². The van der Waals surface area contributed by atoms with Gasteiger partial charge in [-0.3, -0.25) is 4.79 Å². The Bertz CT molecular complexity index is 602. The van der Waals surface area contributed by atoms with Crippen molar-refractivity contribution in [2.24, 2.45) is 0 Å². The first-order valence-electron chi connectivity index (χ1n) is 5.58. The molecule has 0 aliphatic heterocycles. The first-order valence-corrected chi connectivity index (χ1v) is 6.40. The zero-order valence-electron chi connectivity index (χ0n) is 10.6. The molecule has 4 heteroatoms. The van der Waals surface area contributed by atoms with E-state index in [2.05, 4.69) is 0 Å². The first-order chi connectivity index (χ1) is 8.52. The van der Waals surface area contributed by atoms with Gasteiger partial charge in [0.1, 0.15) is 5.75 Å². The van der Waals surface area contributed by atoms with Crippen LogP contribution >= 0.6 is 11.3 Å². The number of hydrogen-bond acceptors (Lipinski definition) is 4. The second kappa shape index (κ2) is 4.82. The van der Waals surface area contributed by atoms with Gasteiger partial charge in [-0.2, -0.15) is 0 Å². The number of benzene rings is 1. The van der Waals surface area contributed by atoms with Crippen molar-refractivity contribution in [3.05, 3.63) is 45.1 Å². The van der Waals surface area contributed by atoms with Crippen LogP contribution in [0.4, 0.5) is 5.69 Å². The minimum atomic E-state index is -0.0116. The predicted octanol–water partition coefficient (Wildman–Crippen LogP) is 3.19. The Morgan fingerprint density at radius 3 is 2.56 bits per heavy atom. The number of anilines is 1. The van der Waals surface area contributed by atoms with Crippen LogP contribution in [-0.2, 0) is 0 Å². The average molecular weight is 261 g/mol. The minimum Gasteiger partial charge on any atom is -0.496 e. The van der Waals surface area contributed by atoms with E-state index < -0.39 is 0 Å². The second-order valence-electron chi connectivity index (χ2n) is 4.16. The molecule has 0 spiro atoms. The number of carbonyl (C=O) groups excluding carboxylic acids is 1. The number of ketones is 1. The maximum atomic E-state index is 12.5. The van der Waals surface area contributed by atoms with E-state index in [1.54, 1.807) is 18.2 Å². The number of carbonyl (C=O) groups is 1. The molecule has 1 aromatic heterocycles. The lowest BCUT2D eigenvalue weighted by atomic mass is 10.1. The lowest BCUT2D eigenvalue weighted by Gasteiger charge is -2.08. The van der Waals surface area contributed by atoms with Crippen molar-refractivity contribution >= 4 is 22.8 Å². The van der Waals surface area contributed by atoms with Crippen LogP contribution in [0.2, 0.25) is 0 Å². The average Bonchev–Trinajstić information content (AvgIpc) is 2.67. The number of methoxy groups -OCH3 is 1. The lowest BCUT2D eigenvalue weighted by molar-refractivity contribution is 0.103. The largest absolute Gasteiger partial charge is 0.496 e. The maximum absolute atomic E-state index is 12.5. The molecule has 1 aromatic carbocycles. The number of rotatable bonds is 3. The van der Waals surface area contributed by atoms with Crippen LogP contribution in [0.3, 0.4) is 0 Å². The number of thiophene rings is 1. The van der Waals surface area contributed by atoms with Crippen molar-refractivity contribution in [2.75, 3.05) is 12.8 Å². The molecular weight excluding hydrogens is 246 g/mol. The highest BCUT2D eigenvalue weighted by Gasteiger charge is 2.18. The van der Waals surface area contributed by atoms with Crippen LogP contribution in [0.15, 0.2) is 24.3 Å². The fourth-order valence-electron chi connectivity index (χ4n) is 1.88. The van der Waals surface area contributed by atoms with Crippen molar-refractivity contribution in [2.45, 2.75) is 13.8 Å². The number of nitrogens with two attached hydrogens (primary N) is 1. The van der Waals surface area contributed by atoms with E-state index in [0.717, 1.165) is 15.3 Å². The molecule has 0 amide bonds. The van der Waals surface area contributed by atoms with Crippen molar-refractivity contribution in [1.29, 1.82) is 0 Å². The smallest absolute Gasteiger partial charge is 0.206 e. The number of nitrogen functional groups attached to an aromatic ring is 1. The summed E-state index contributed by atoms with van der Waals surface area (Å²) in [4.78, 5) is 14.4. The van der Waals surface area contributed by atoms with E-state index >= 15 is 0 Å². The molecule has 2 rings (SSSR count). The van der Waals surface area contributed by atoms with Gasteiger partial charge in [-0.15, -0.1) is 11.3 Å². The molecule has 0 aliphatic rings. The SMILES string of the molecule is COc1cc(N)ccc1C(=O)c1sc(C)cc1C. The molecular formula is C14H15NO2S. The van der Waals surface area contributed by atoms with E-state index in [4.69, 9.17) is 10.5 Å². The van der Waals surface area contributed by atoms with Gasteiger partial charge in [-0.05, 0) is 37.6 Å². The van der Waals surface area contributed by atoms with E-state index in [1.165, 1.54) is 18.4 Å². The second-order valence-corrected chi connectivity index (χ2v) is 5.41. The van der Waals surface area contributed by atoms with Crippen LogP contribution < -0.4 is 10.5 Å². The van der Waals surface area contributed by atoms with Gasteiger partial charge in [0.2, 0.25) is 5.78 Å². The van der Waals surface area contributed by atoms with Gasteiger partial charge >= 0.3 is 0 Å². The van der Waals surface area contributed by atoms with Gasteiger partial charge in [0, 0.05) is 16.6 Å². The molecule has 0 bridgehead atoms. The summed E-state index contributed by atoms with van der Waals surface area (Å²) in [6.07, 6.45) is 0. The van der Waals surface area contributed by atoms with E-state index in [0.29, 0.717) is 17.0 Å². The highest BCUT2D eigenvalue weighted by molar-refractivity contribution is 7.14. The Hall–Kier alpha value is -1.81. The predicted molar refractivity (Wildman–Crippen MR) is 74.6 cm³/mol. The Kier molecular flexibility index (Phi) is 3.39. The van der Waals surface area contributed by atoms with E-state index in [-0.39, 0.29) is 5.78 Å². The third-order valence-corrected chi connectivity index (χ3v) is 3.87. The minimum absolute atomic E-state index is 0.0116. The van der Waals surface area contributed by atoms with Crippen LogP contribution in [0.5, 0.6) is 5.75 Å². The Labute approximate surface area is 110 Å². The molecule has 2 aromatic rings. The van der Waals surface area contributed by atoms with Gasteiger partial charge in [-0.1, -0.05) is 0 Å². The normalized spacial score (nSPS) is 10.4. The fraction of sp³-hybridized carbons (Fsp3) is 0.214. The van der Waals surface area contributed by atoms with Crippen molar-refractivity contribution in [3.63, 3.8) is 0 Å². The first kappa shape index (κ1) is 12.6. The highest BCUT2D eigenvalue weighted by atomic mass is 32.1. The number of hydrogen-bond donors (Lipinski definition) is 1. The summed E-state index contributed by atoms with van der Waals surface area (Å²) in [6, 6.07) is 7.11. The lowest BCUT2D eigenvalue weighted by Crippen LogP contribution is -2.04. The van der Waals surface area contributed by atoms with Gasteiger partial charge in [0.15, 0.2) is 0 Å². The summed E-state index contributed by atoms with van der Waals surface area (Å²) in [6.45, 7) is 3.94. The monoisotopic (exact) mass is 261 g/mol. The molecule has 0 unspecified atom stereocenters. The standard InChI is InChI=1S/C14H15NO2S/c1-8-6-9(2)18-14(8)13(16)11-5-4-10(15)7-12(11)17-3/h4-7H,15H2,1-3H3. The molecule has 0 atom stereocenters. The zero-order valence-corrected chi connectivity index (χ0v) is 11.4. The molecule has 3 nitrogen and oxygen atoms in total. The van der Waals surface area contributed by atoms with Gasteiger partial charge in [0.25, 0.3) is 0 Å². The molecule has 94 valence electrons. The highest BCUT2D eigenvalue weighted by Crippen LogP contribution is 2.29. The summed E-state index contributed by atoms with van der Waals surface area (Å²) in [5.41, 5.74) is 7.83. The van der Waals surface area contributed by atoms with Gasteiger partial charge < -0.3 is 10.5 Å². The Morgan fingerprint density at radius 2 is 2.00 bits per heavy atom.